The zero-order valence-electron chi connectivity index (χ0n) is 61.7. The molecule has 8 heterocycles. The zero-order valence-corrected chi connectivity index (χ0v) is 76.9. The van der Waals surface area contributed by atoms with Crippen LogP contribution in [0.4, 0.5) is 20.4 Å². The summed E-state index contributed by atoms with van der Waals surface area (Å²) < 4.78 is 236. The molecule has 0 aromatic carbocycles. The number of nitrogen functional groups attached to an aromatic ring is 2. The zero-order chi connectivity index (χ0) is 97.6. The second-order valence-corrected chi connectivity index (χ2v) is 46.5. The lowest BCUT2D eigenvalue weighted by molar-refractivity contribution is -0.139. The molecule has 4 saturated heterocycles. The number of aromatic nitrogens is 8. The van der Waals surface area contributed by atoms with E-state index in [0.29, 0.717) is 47.2 Å². The Labute approximate surface area is 734 Å². The van der Waals surface area contributed by atoms with Crippen molar-refractivity contribution in [3.8, 4) is 0 Å². The van der Waals surface area contributed by atoms with Crippen LogP contribution in [0.2, 0.25) is 0 Å². The summed E-state index contributed by atoms with van der Waals surface area (Å²) in [5, 5.41) is 36.6. The number of phosphoric ester groups is 4. The first-order valence-electron chi connectivity index (χ1n) is 32.9. The van der Waals surface area contributed by atoms with E-state index in [1.807, 2.05) is 4.98 Å². The highest BCUT2D eigenvalue weighted by atomic mass is 35.5. The number of hydrogen-bond acceptors (Lipinski definition) is 42. The monoisotopic (exact) mass is 2220 g/mol. The number of H-pyrrole nitrogens is 2. The molecule has 24 atom stereocenters. The maximum absolute atomic E-state index is 13.7. The number of hydrogen-bond donors (Lipinski definition) is 24. The highest BCUT2D eigenvalue weighted by molar-refractivity contribution is 7.68. The second kappa shape index (κ2) is 41.7. The minimum atomic E-state index is -5.82. The number of phosphoric acid groups is 12. The predicted octanol–water partition coefficient (Wildman–Crippen LogP) is -1.38. The van der Waals surface area contributed by atoms with Gasteiger partial charge in [-0.25, -0.2) is 78.3 Å². The Bertz CT molecular complexity index is 5760. The van der Waals surface area contributed by atoms with E-state index < -0.39 is 288 Å². The molecule has 0 radical (unpaired) electrons. The molecule has 4 aromatic heterocycles. The smallest absolute Gasteiger partial charge is 0.388 e. The number of aromatic amines is 2. The van der Waals surface area contributed by atoms with Gasteiger partial charge in [-0.1, -0.05) is 0 Å². The van der Waals surface area contributed by atoms with E-state index >= 15 is 0 Å². The molecule has 2 saturated carbocycles. The Morgan fingerprint density at radius 2 is 0.711 bits per heavy atom. The molecule has 4 aliphatic heterocycles. The maximum atomic E-state index is 13.7. The molecule has 26 N–H and O–H groups in total. The molecule has 2 aliphatic carbocycles. The van der Waals surface area contributed by atoms with Crippen molar-refractivity contribution >= 4 is 175 Å². The average molecular weight is 2220 g/mol. The Kier molecular flexibility index (Phi) is 36.7. The molecule has 4 aromatic rings. The van der Waals surface area contributed by atoms with Gasteiger partial charge in [-0.15, -0.1) is 69.6 Å². The minimum absolute atomic E-state index is 0.0722. The molecule has 0 spiro atoms. The lowest BCUT2D eigenvalue weighted by Gasteiger charge is -2.32. The van der Waals surface area contributed by atoms with E-state index in [-0.39, 0.29) is 5.82 Å². The number of anilines is 2. The molecule has 64 nitrogen and oxygen atoms in total. The summed E-state index contributed by atoms with van der Waals surface area (Å²) in [6.45, 7) is -4.22. The molecule has 0 bridgehead atoms. The molecule has 10 rings (SSSR count). The first-order chi connectivity index (χ1) is 57.9. The van der Waals surface area contributed by atoms with E-state index in [2.05, 4.69) is 62.5 Å². The van der Waals surface area contributed by atoms with E-state index in [1.54, 1.807) is 4.98 Å². The van der Waals surface area contributed by atoms with Crippen LogP contribution in [0, 0.1) is 23.5 Å². The van der Waals surface area contributed by atoms with Gasteiger partial charge < -0.3 is 129 Å². The molecule has 84 heteroatoms. The summed E-state index contributed by atoms with van der Waals surface area (Å²) in [6, 6.07) is 2.29. The fourth-order valence-electron chi connectivity index (χ4n) is 11.4. The van der Waals surface area contributed by atoms with E-state index in [9.17, 15) is 142 Å². The number of aliphatic hydroxyl groups is 4. The van der Waals surface area contributed by atoms with Gasteiger partial charge in [-0.05, 0) is 43.6 Å². The molecule has 0 amide bonds. The van der Waals surface area contributed by atoms with Crippen molar-refractivity contribution in [3.63, 3.8) is 0 Å². The van der Waals surface area contributed by atoms with Crippen LogP contribution in [0.3, 0.4) is 0 Å². The van der Waals surface area contributed by atoms with E-state index in [0.717, 1.165) is 21.4 Å². The number of nitrogens with two attached hydrogens (primary N) is 2. The third kappa shape index (κ3) is 30.3. The number of aliphatic hydroxyl groups excluding tert-OH is 4. The highest BCUT2D eigenvalue weighted by Gasteiger charge is 2.66. The average Bonchev–Trinajstić information content (AvgIpc) is 1.58. The standard InChI is InChI=1S/C12H19ClN3O13P3.C12H18ClN2O14P3.C10H15Cl2FN3O13P3.C10H14Cl2FN2O14P3/c13-8-9(17)12(6-1-2-6,27-10(8)16-4-3-7(14)15-11(16)18)5-26-31(22,23)29-32(24,25)28-30(19,20)21;13-8-9(17)12(6-1-2-6,27-10(8)15-4-3-7(16)14-11(15)18)5-26-31(22,23)29-32(24,25)28-30(19,20)21;11-2-10(3-26-31(22,23)29-32(24,25)28-30(19,20)21)6(17)5(12)8(27-10)16-1-4(13)7(14)15-9(16)18;11-2-10(3-26-31(22,23)29-32(24,25)28-30(19,20)21)6(16)5(12)8(27-10)15-1-4(13)7(17)14-9(15)18/h3-4,6,8-10,17H,1-2,5H2,(H,22,23)(H,24,25)(H2,14,15,18)(H2,19,20,21);3-4,6,8-10,17H,1-2,5H2,(H,22,23)(H,24,25)(H,14,16,18)(H2,19,20,21);1,5-6,8,17H,2-3H2,(H,22,23)(H,24,25)(H2,14,15,18)(H2,19,20,21);1,5-6,8,16H,2-3H2,(H,22,23)(H,24,25)(H,14,17,18)(H2,19,20,21)/t2*8-,9+,10-,12+;2*5-,6+,8-,10-/m1111/s1. The van der Waals surface area contributed by atoms with Gasteiger partial charge in [0.25, 0.3) is 11.1 Å². The lowest BCUT2D eigenvalue weighted by Crippen LogP contribution is -2.48. The first-order valence-corrected chi connectivity index (χ1v) is 53.8. The van der Waals surface area contributed by atoms with Crippen LogP contribution in [-0.2, 0) is 126 Å². The van der Waals surface area contributed by atoms with Gasteiger partial charge in [-0.2, -0.15) is 48.8 Å². The minimum Gasteiger partial charge on any atom is -0.388 e. The predicted molar refractivity (Wildman–Crippen MR) is 409 cm³/mol. The van der Waals surface area contributed by atoms with Gasteiger partial charge in [-0.3, -0.25) is 55.9 Å². The van der Waals surface area contributed by atoms with Crippen molar-refractivity contribution in [2.75, 3.05) is 49.7 Å². The maximum Gasteiger partial charge on any atom is 0.490 e. The van der Waals surface area contributed by atoms with Crippen LogP contribution in [0.5, 0.6) is 0 Å². The van der Waals surface area contributed by atoms with Crippen molar-refractivity contribution in [2.45, 2.75) is 119 Å². The summed E-state index contributed by atoms with van der Waals surface area (Å²) in [5.41, 5.74) is -3.37. The van der Waals surface area contributed by atoms with Crippen molar-refractivity contribution < 1.29 is 234 Å². The van der Waals surface area contributed by atoms with Crippen molar-refractivity contribution in [1.82, 2.24) is 38.2 Å². The SMILES string of the molecule is Nc1ccn([C@@H]2O[C@@](COP(=O)(O)OP(=O)(O)OP(=O)(O)O)(C3CC3)[C@@H](O)[C@H]2Cl)c(=O)n1.Nc1nc(=O)n([C@@H]2O[C@](CCl)(COP(=O)(O)OP(=O)(O)OP(=O)(O)O)[C@@H](O)[C@H]2Cl)cc1F.O=c1[nH]c(=O)n([C@@H]2O[C@](CCl)(COP(=O)(O)OP(=O)(O)OP(=O)(O)O)[C@@H](O)[C@H]2Cl)cc1F.O=c1ccn([C@@H]2O[C@@](COP(=O)(O)OP(=O)(O)OP(=O)(O)O)(C3CC3)[C@@H](O)[C@H]2Cl)c(=O)[nH]1. The van der Waals surface area contributed by atoms with Crippen LogP contribution in [0.15, 0.2) is 65.7 Å². The number of nitrogens with one attached hydrogen (secondary N) is 2. The third-order valence-corrected chi connectivity index (χ3v) is 34.8. The van der Waals surface area contributed by atoms with Gasteiger partial charge in [0.05, 0.1) is 50.6 Å². The van der Waals surface area contributed by atoms with Gasteiger partial charge in [0, 0.05) is 18.5 Å². The fraction of sp³-hybridized carbons (Fsp3) is 0.636. The number of ether oxygens (including phenoxy) is 4. The van der Waals surface area contributed by atoms with Gasteiger partial charge in [0.1, 0.15) is 74.1 Å². The Morgan fingerprint density at radius 3 is 1.05 bits per heavy atom. The van der Waals surface area contributed by atoms with Crippen LogP contribution in [0.1, 0.15) is 50.6 Å². The summed E-state index contributed by atoms with van der Waals surface area (Å²) in [7, 11) is -67.6. The lowest BCUT2D eigenvalue weighted by atomic mass is 9.92. The molecule has 6 aliphatic rings. The fourth-order valence-corrected chi connectivity index (χ4v) is 25.8. The molecule has 128 heavy (non-hydrogen) atoms. The van der Waals surface area contributed by atoms with Crippen molar-refractivity contribution in [1.29, 1.82) is 0 Å². The summed E-state index contributed by atoms with van der Waals surface area (Å²) in [4.78, 5) is 225. The van der Waals surface area contributed by atoms with Gasteiger partial charge >= 0.3 is 117 Å². The van der Waals surface area contributed by atoms with Crippen LogP contribution in [0.25, 0.3) is 0 Å². The van der Waals surface area contributed by atoms with Crippen molar-refractivity contribution in [2.24, 2.45) is 11.8 Å². The van der Waals surface area contributed by atoms with Crippen LogP contribution >= 0.6 is 163 Å². The van der Waals surface area contributed by atoms with Gasteiger partial charge in [0.15, 0.2) is 36.5 Å². The van der Waals surface area contributed by atoms with E-state index in [1.165, 1.54) is 12.3 Å². The molecule has 8 unspecified atom stereocenters. The molecular formula is C44H66Cl6F2N10O54P12. The third-order valence-electron chi connectivity index (χ3n) is 16.9. The largest absolute Gasteiger partial charge is 0.490 e. The second-order valence-electron chi connectivity index (χ2n) is 26.3. The molecule has 732 valence electrons. The number of rotatable bonds is 36. The normalized spacial score (nSPS) is 31.2. The van der Waals surface area contributed by atoms with Gasteiger partial charge in [0.2, 0.25) is 5.82 Å². The number of halogens is 8. The van der Waals surface area contributed by atoms with Crippen LogP contribution in [-0.4, -0.2) is 243 Å². The summed E-state index contributed by atoms with van der Waals surface area (Å²) >= 11 is 36.0. The van der Waals surface area contributed by atoms with Crippen LogP contribution < -0.4 is 45.3 Å². The Morgan fingerprint density at radius 1 is 0.406 bits per heavy atom. The summed E-state index contributed by atoms with van der Waals surface area (Å²) in [6.07, 6.45) is -7.58. The quantitative estimate of drug-likeness (QED) is 0.0184. The molecular weight excluding hydrogens is 2150 g/mol. The Balaban J connectivity index is 0.000000234. The van der Waals surface area contributed by atoms with Crippen molar-refractivity contribution in [3.05, 3.63) is 111 Å². The topological polar surface area (TPSA) is 989 Å². The molecule has 6 fully saturated rings. The number of alkyl halides is 6. The first kappa shape index (κ1) is 113. The number of nitrogens with zero attached hydrogens (tertiary/aromatic N) is 6. The van der Waals surface area contributed by atoms with E-state index in [4.69, 9.17) is 149 Å². The highest BCUT2D eigenvalue weighted by Crippen LogP contribution is 2.71. The Hall–Kier alpha value is -2.36. The summed E-state index contributed by atoms with van der Waals surface area (Å²) in [5.74, 6) is -5.72.